The summed E-state index contributed by atoms with van der Waals surface area (Å²) < 4.78 is 58.2. The quantitative estimate of drug-likeness (QED) is 0.313. The van der Waals surface area contributed by atoms with Crippen LogP contribution in [0.4, 0.5) is 23.2 Å². The molecule has 35 heavy (non-hydrogen) atoms. The lowest BCUT2D eigenvalue weighted by atomic mass is 9.97. The normalized spacial score (nSPS) is 11.7. The van der Waals surface area contributed by atoms with Crippen molar-refractivity contribution in [2.24, 2.45) is 7.05 Å². The van der Waals surface area contributed by atoms with Gasteiger partial charge in [-0.25, -0.2) is 14.1 Å². The Morgan fingerprint density at radius 1 is 1.03 bits per heavy atom. The highest BCUT2D eigenvalue weighted by Gasteiger charge is 2.34. The van der Waals surface area contributed by atoms with Crippen molar-refractivity contribution in [1.82, 2.24) is 24.4 Å². The van der Waals surface area contributed by atoms with Crippen molar-refractivity contribution in [3.05, 3.63) is 96.7 Å². The molecule has 6 nitrogen and oxygen atoms in total. The fraction of sp³-hybridized carbons (Fsp3) is 0.0800. The van der Waals surface area contributed by atoms with Crippen LogP contribution in [0.1, 0.15) is 11.1 Å². The number of benzene rings is 2. The first-order chi connectivity index (χ1) is 16.7. The minimum absolute atomic E-state index is 0.0351. The van der Waals surface area contributed by atoms with Gasteiger partial charge in [0.1, 0.15) is 11.5 Å². The van der Waals surface area contributed by atoms with Crippen LogP contribution >= 0.6 is 0 Å². The number of hydrogen-bond acceptors (Lipinski definition) is 4. The van der Waals surface area contributed by atoms with Gasteiger partial charge in [-0.3, -0.25) is 4.40 Å². The third kappa shape index (κ3) is 4.14. The second-order valence-corrected chi connectivity index (χ2v) is 7.87. The van der Waals surface area contributed by atoms with E-state index in [4.69, 9.17) is 0 Å². The lowest BCUT2D eigenvalue weighted by molar-refractivity contribution is -0.137. The third-order valence-corrected chi connectivity index (χ3v) is 5.61. The van der Waals surface area contributed by atoms with E-state index in [1.54, 1.807) is 30.2 Å². The summed E-state index contributed by atoms with van der Waals surface area (Å²) in [7, 11) is 1.75. The molecule has 2 aromatic carbocycles. The van der Waals surface area contributed by atoms with Crippen LogP contribution in [0.25, 0.3) is 33.9 Å². The van der Waals surface area contributed by atoms with Crippen molar-refractivity contribution in [2.45, 2.75) is 6.18 Å². The Kier molecular flexibility index (Phi) is 5.35. The lowest BCUT2D eigenvalue weighted by Gasteiger charge is -2.18. The van der Waals surface area contributed by atoms with E-state index in [1.807, 2.05) is 16.7 Å². The number of hydrogen-bond donors (Lipinski definition) is 1. The average Bonchev–Trinajstić information content (AvgIpc) is 3.45. The fourth-order valence-corrected chi connectivity index (χ4v) is 3.93. The molecule has 0 radical (unpaired) electrons. The van der Waals surface area contributed by atoms with Gasteiger partial charge in [-0.05, 0) is 48.0 Å². The molecule has 0 unspecified atom stereocenters. The van der Waals surface area contributed by atoms with Gasteiger partial charge in [0.2, 0.25) is 0 Å². The first kappa shape index (κ1) is 22.3. The predicted octanol–water partition coefficient (Wildman–Crippen LogP) is 6.04. The zero-order valence-electron chi connectivity index (χ0n) is 18.4. The number of aromatic nitrogens is 5. The lowest BCUT2D eigenvalue weighted by Crippen LogP contribution is -2.11. The first-order valence-corrected chi connectivity index (χ1v) is 10.5. The maximum absolute atomic E-state index is 13.8. The average molecular weight is 478 g/mol. The number of halogens is 4. The molecular formula is C25H18F4N6. The molecule has 0 bridgehead atoms. The maximum Gasteiger partial charge on any atom is 0.417 e. The Bertz CT molecular complexity index is 1550. The van der Waals surface area contributed by atoms with Crippen molar-refractivity contribution in [2.75, 3.05) is 5.32 Å². The molecule has 0 aliphatic carbocycles. The number of alkyl halides is 3. The highest BCUT2D eigenvalue weighted by atomic mass is 19.4. The molecule has 0 atom stereocenters. The van der Waals surface area contributed by atoms with Crippen molar-refractivity contribution < 1.29 is 17.6 Å². The van der Waals surface area contributed by atoms with Gasteiger partial charge in [0.05, 0.1) is 23.5 Å². The molecule has 5 aromatic rings. The SMILES string of the molecule is C=C(Nc1ccc(F)cc1)c1cc(-c2cccn3c(-c4cnnn4C)ncc23)ccc1C(F)(F)F. The summed E-state index contributed by atoms with van der Waals surface area (Å²) in [6.07, 6.45) is 0.459. The molecule has 0 spiro atoms. The van der Waals surface area contributed by atoms with Gasteiger partial charge in [-0.2, -0.15) is 13.2 Å². The van der Waals surface area contributed by atoms with Gasteiger partial charge in [-0.1, -0.05) is 23.9 Å². The zero-order valence-corrected chi connectivity index (χ0v) is 18.4. The molecule has 5 rings (SSSR count). The van der Waals surface area contributed by atoms with Crippen molar-refractivity contribution >= 4 is 16.9 Å². The van der Waals surface area contributed by atoms with Crippen LogP contribution in [0, 0.1) is 5.82 Å². The molecular weight excluding hydrogens is 460 g/mol. The number of aryl methyl sites for hydroxylation is 1. The summed E-state index contributed by atoms with van der Waals surface area (Å²) in [6, 6.07) is 12.8. The van der Waals surface area contributed by atoms with E-state index in [0.717, 1.165) is 6.07 Å². The Labute approximate surface area is 197 Å². The van der Waals surface area contributed by atoms with Crippen LogP contribution < -0.4 is 5.32 Å². The smallest absolute Gasteiger partial charge is 0.356 e. The van der Waals surface area contributed by atoms with Crippen LogP contribution in [-0.4, -0.2) is 24.4 Å². The molecule has 0 fully saturated rings. The summed E-state index contributed by atoms with van der Waals surface area (Å²) in [5, 5.41) is 10.7. The fourth-order valence-electron chi connectivity index (χ4n) is 3.93. The van der Waals surface area contributed by atoms with Crippen LogP contribution in [0.2, 0.25) is 0 Å². The molecule has 0 aliphatic heterocycles. The monoisotopic (exact) mass is 478 g/mol. The first-order valence-electron chi connectivity index (χ1n) is 10.5. The highest BCUT2D eigenvalue weighted by Crippen LogP contribution is 2.38. The Morgan fingerprint density at radius 3 is 2.49 bits per heavy atom. The second-order valence-electron chi connectivity index (χ2n) is 7.87. The number of rotatable bonds is 5. The third-order valence-electron chi connectivity index (χ3n) is 5.61. The standard InChI is InChI=1S/C25H18F4N6/c1-15(32-18-8-6-17(26)7-9-18)20-12-16(5-10-21(20)25(27,28)29)19-4-3-11-35-22(19)13-30-24(35)23-14-31-33-34(23)2/h3-14,32H,1H2,2H3. The minimum atomic E-state index is -4.59. The second kappa shape index (κ2) is 8.39. The summed E-state index contributed by atoms with van der Waals surface area (Å²) in [5.74, 6) is 0.151. The van der Waals surface area contributed by atoms with Gasteiger partial charge in [0.15, 0.2) is 5.82 Å². The zero-order chi connectivity index (χ0) is 24.7. The summed E-state index contributed by atoms with van der Waals surface area (Å²) in [6.45, 7) is 3.82. The molecule has 3 heterocycles. The topological polar surface area (TPSA) is 60.0 Å². The van der Waals surface area contributed by atoms with E-state index < -0.39 is 17.6 Å². The van der Waals surface area contributed by atoms with Gasteiger partial charge >= 0.3 is 6.18 Å². The van der Waals surface area contributed by atoms with Gasteiger partial charge in [0, 0.05) is 35.8 Å². The summed E-state index contributed by atoms with van der Waals surface area (Å²) >= 11 is 0. The van der Waals surface area contributed by atoms with E-state index in [0.29, 0.717) is 33.8 Å². The van der Waals surface area contributed by atoms with Crippen molar-refractivity contribution in [3.63, 3.8) is 0 Å². The van der Waals surface area contributed by atoms with Crippen LogP contribution in [-0.2, 0) is 13.2 Å². The molecule has 10 heteroatoms. The van der Waals surface area contributed by atoms with Gasteiger partial charge in [0.25, 0.3) is 0 Å². The number of nitrogens with one attached hydrogen (secondary N) is 1. The summed E-state index contributed by atoms with van der Waals surface area (Å²) in [5.41, 5.74) is 2.13. The largest absolute Gasteiger partial charge is 0.417 e. The predicted molar refractivity (Wildman–Crippen MR) is 125 cm³/mol. The highest BCUT2D eigenvalue weighted by molar-refractivity contribution is 5.85. The minimum Gasteiger partial charge on any atom is -0.356 e. The van der Waals surface area contributed by atoms with E-state index in [9.17, 15) is 17.6 Å². The number of nitrogens with zero attached hydrogens (tertiary/aromatic N) is 5. The number of fused-ring (bicyclic) bond motifs is 1. The van der Waals surface area contributed by atoms with Crippen molar-refractivity contribution in [3.8, 4) is 22.6 Å². The number of imidazole rings is 1. The molecule has 0 saturated heterocycles. The summed E-state index contributed by atoms with van der Waals surface area (Å²) in [4.78, 5) is 4.48. The van der Waals surface area contributed by atoms with Gasteiger partial charge in [-0.15, -0.1) is 5.10 Å². The van der Waals surface area contributed by atoms with Crippen LogP contribution in [0.3, 0.4) is 0 Å². The van der Waals surface area contributed by atoms with E-state index in [2.05, 4.69) is 27.2 Å². The van der Waals surface area contributed by atoms with E-state index in [-0.39, 0.29) is 11.3 Å². The molecule has 0 amide bonds. The van der Waals surface area contributed by atoms with Crippen LogP contribution in [0.5, 0.6) is 0 Å². The molecule has 0 aliphatic rings. The number of pyridine rings is 1. The Hall–Kier alpha value is -4.47. The molecule has 0 saturated carbocycles. The van der Waals surface area contributed by atoms with E-state index >= 15 is 0 Å². The number of anilines is 1. The van der Waals surface area contributed by atoms with Crippen LogP contribution in [0.15, 0.2) is 79.8 Å². The Morgan fingerprint density at radius 2 is 1.80 bits per heavy atom. The van der Waals surface area contributed by atoms with Crippen molar-refractivity contribution in [1.29, 1.82) is 0 Å². The Balaban J connectivity index is 1.61. The van der Waals surface area contributed by atoms with E-state index in [1.165, 1.54) is 36.4 Å². The molecule has 1 N–H and O–H groups in total. The van der Waals surface area contributed by atoms with Gasteiger partial charge < -0.3 is 5.32 Å². The molecule has 3 aromatic heterocycles. The molecule has 176 valence electrons. The maximum atomic E-state index is 13.8.